The van der Waals surface area contributed by atoms with Crippen molar-refractivity contribution in [2.75, 3.05) is 13.2 Å². The number of hydrogen-bond acceptors (Lipinski definition) is 3. The van der Waals surface area contributed by atoms with Gasteiger partial charge in [0.15, 0.2) is 0 Å². The number of ether oxygens (including phenoxy) is 1. The molecule has 0 unspecified atom stereocenters. The Bertz CT molecular complexity index is 336. The first-order valence-electron chi connectivity index (χ1n) is 5.14. The molecule has 2 rings (SSSR count). The lowest BCUT2D eigenvalue weighted by molar-refractivity contribution is -0.0385. The van der Waals surface area contributed by atoms with E-state index in [1.807, 2.05) is 36.3 Å². The van der Waals surface area contributed by atoms with Crippen LogP contribution in [0.15, 0.2) is 17.5 Å². The molecule has 15 heavy (non-hydrogen) atoms. The normalized spacial score (nSPS) is 26.7. The van der Waals surface area contributed by atoms with Gasteiger partial charge >= 0.3 is 0 Å². The van der Waals surface area contributed by atoms with E-state index >= 15 is 0 Å². The third-order valence-electron chi connectivity index (χ3n) is 2.60. The molecule has 1 fully saturated rings. The first-order chi connectivity index (χ1) is 7.18. The molecule has 1 saturated heterocycles. The number of amides is 1. The van der Waals surface area contributed by atoms with E-state index in [4.69, 9.17) is 4.74 Å². The van der Waals surface area contributed by atoms with Crippen molar-refractivity contribution >= 4 is 17.2 Å². The second-order valence-corrected chi connectivity index (χ2v) is 4.88. The number of carbonyl (C=O) groups excluding carboxylic acids is 1. The van der Waals surface area contributed by atoms with Crippen molar-refractivity contribution < 1.29 is 9.53 Å². The molecule has 4 heteroatoms. The van der Waals surface area contributed by atoms with Crippen molar-refractivity contribution in [3.05, 3.63) is 22.4 Å². The van der Waals surface area contributed by atoms with Crippen molar-refractivity contribution in [2.45, 2.75) is 26.0 Å². The molecule has 0 spiro atoms. The van der Waals surface area contributed by atoms with E-state index in [9.17, 15) is 4.79 Å². The summed E-state index contributed by atoms with van der Waals surface area (Å²) in [5.41, 5.74) is 0. The lowest BCUT2D eigenvalue weighted by Crippen LogP contribution is -2.50. The average molecular weight is 225 g/mol. The molecule has 0 N–H and O–H groups in total. The SMILES string of the molecule is C[C@@H]1CN(C(=O)c2cccs2)[C@@H](C)CO1. The van der Waals surface area contributed by atoms with Crippen molar-refractivity contribution in [3.8, 4) is 0 Å². The molecule has 0 bridgehead atoms. The molecule has 82 valence electrons. The first kappa shape index (κ1) is 10.6. The first-order valence-corrected chi connectivity index (χ1v) is 6.02. The summed E-state index contributed by atoms with van der Waals surface area (Å²) in [4.78, 5) is 14.8. The smallest absolute Gasteiger partial charge is 0.264 e. The maximum Gasteiger partial charge on any atom is 0.264 e. The molecule has 0 radical (unpaired) electrons. The topological polar surface area (TPSA) is 29.5 Å². The summed E-state index contributed by atoms with van der Waals surface area (Å²) in [5.74, 6) is 0.132. The van der Waals surface area contributed by atoms with Crippen molar-refractivity contribution in [1.82, 2.24) is 4.90 Å². The van der Waals surface area contributed by atoms with E-state index < -0.39 is 0 Å². The van der Waals surface area contributed by atoms with E-state index in [2.05, 4.69) is 0 Å². The van der Waals surface area contributed by atoms with Gasteiger partial charge in [0.2, 0.25) is 0 Å². The van der Waals surface area contributed by atoms with E-state index in [1.165, 1.54) is 11.3 Å². The zero-order chi connectivity index (χ0) is 10.8. The second-order valence-electron chi connectivity index (χ2n) is 3.93. The van der Waals surface area contributed by atoms with Crippen LogP contribution in [0.4, 0.5) is 0 Å². The highest BCUT2D eigenvalue weighted by Crippen LogP contribution is 2.18. The summed E-state index contributed by atoms with van der Waals surface area (Å²) in [7, 11) is 0. The third-order valence-corrected chi connectivity index (χ3v) is 3.46. The molecule has 2 heterocycles. The largest absolute Gasteiger partial charge is 0.375 e. The predicted molar refractivity (Wildman–Crippen MR) is 60.2 cm³/mol. The Balaban J connectivity index is 2.12. The van der Waals surface area contributed by atoms with E-state index in [0.717, 1.165) is 4.88 Å². The highest BCUT2D eigenvalue weighted by Gasteiger charge is 2.28. The Hall–Kier alpha value is -0.870. The van der Waals surface area contributed by atoms with Crippen molar-refractivity contribution in [1.29, 1.82) is 0 Å². The molecule has 1 amide bonds. The minimum absolute atomic E-state index is 0.132. The standard InChI is InChI=1S/C11H15NO2S/c1-8-7-14-9(2)6-12(8)11(13)10-4-3-5-15-10/h3-5,8-9H,6-7H2,1-2H3/t8-,9+/m0/s1. The van der Waals surface area contributed by atoms with Crippen LogP contribution < -0.4 is 0 Å². The van der Waals surface area contributed by atoms with Crippen molar-refractivity contribution in [3.63, 3.8) is 0 Å². The Labute approximate surface area is 93.7 Å². The maximum absolute atomic E-state index is 12.1. The van der Waals surface area contributed by atoms with Gasteiger partial charge in [-0.15, -0.1) is 11.3 Å². The second kappa shape index (κ2) is 4.33. The van der Waals surface area contributed by atoms with Gasteiger partial charge in [0.05, 0.1) is 23.6 Å². The minimum atomic E-state index is 0.132. The summed E-state index contributed by atoms with van der Waals surface area (Å²) >= 11 is 1.50. The number of carbonyl (C=O) groups is 1. The van der Waals surface area contributed by atoms with Gasteiger partial charge in [-0.05, 0) is 25.3 Å². The number of hydrogen-bond donors (Lipinski definition) is 0. The molecule has 3 nitrogen and oxygen atoms in total. The summed E-state index contributed by atoms with van der Waals surface area (Å²) in [6, 6.07) is 3.96. The molecule has 1 aliphatic rings. The summed E-state index contributed by atoms with van der Waals surface area (Å²) in [6.45, 7) is 5.36. The van der Waals surface area contributed by atoms with Crippen LogP contribution in [0.1, 0.15) is 23.5 Å². The highest BCUT2D eigenvalue weighted by atomic mass is 32.1. The molecule has 1 aromatic heterocycles. The minimum Gasteiger partial charge on any atom is -0.375 e. The van der Waals surface area contributed by atoms with Crippen LogP contribution >= 0.6 is 11.3 Å². The Morgan fingerprint density at radius 2 is 2.40 bits per heavy atom. The number of thiophene rings is 1. The van der Waals surface area contributed by atoms with Gasteiger partial charge in [0, 0.05) is 6.54 Å². The van der Waals surface area contributed by atoms with E-state index in [0.29, 0.717) is 13.2 Å². The quantitative estimate of drug-likeness (QED) is 0.731. The van der Waals surface area contributed by atoms with Crippen LogP contribution in [0.5, 0.6) is 0 Å². The van der Waals surface area contributed by atoms with Gasteiger partial charge < -0.3 is 9.64 Å². The fraction of sp³-hybridized carbons (Fsp3) is 0.545. The van der Waals surface area contributed by atoms with Crippen LogP contribution in [0.25, 0.3) is 0 Å². The van der Waals surface area contributed by atoms with Crippen molar-refractivity contribution in [2.24, 2.45) is 0 Å². The van der Waals surface area contributed by atoms with Gasteiger partial charge in [0.25, 0.3) is 5.91 Å². The molecular weight excluding hydrogens is 210 g/mol. The third kappa shape index (κ3) is 2.21. The Morgan fingerprint density at radius 3 is 3.07 bits per heavy atom. The van der Waals surface area contributed by atoms with E-state index in [-0.39, 0.29) is 18.1 Å². The molecule has 0 aliphatic carbocycles. The molecule has 1 aliphatic heterocycles. The van der Waals surface area contributed by atoms with Crippen LogP contribution in [-0.4, -0.2) is 36.1 Å². The summed E-state index contributed by atoms with van der Waals surface area (Å²) in [5, 5.41) is 1.93. The predicted octanol–water partition coefficient (Wildman–Crippen LogP) is 2.00. The lowest BCUT2D eigenvalue weighted by atomic mass is 10.2. The molecule has 2 atom stereocenters. The Kier molecular flexibility index (Phi) is 3.07. The van der Waals surface area contributed by atoms with Crippen LogP contribution in [-0.2, 0) is 4.74 Å². The highest BCUT2D eigenvalue weighted by molar-refractivity contribution is 7.12. The maximum atomic E-state index is 12.1. The summed E-state index contributed by atoms with van der Waals surface area (Å²) in [6.07, 6.45) is 0.144. The molecule has 0 saturated carbocycles. The monoisotopic (exact) mass is 225 g/mol. The average Bonchev–Trinajstić information content (AvgIpc) is 2.74. The zero-order valence-electron chi connectivity index (χ0n) is 8.97. The van der Waals surface area contributed by atoms with Gasteiger partial charge in [-0.3, -0.25) is 4.79 Å². The van der Waals surface area contributed by atoms with Gasteiger partial charge in [-0.2, -0.15) is 0 Å². The van der Waals surface area contributed by atoms with Gasteiger partial charge in [0.1, 0.15) is 0 Å². The fourth-order valence-electron chi connectivity index (χ4n) is 1.73. The van der Waals surface area contributed by atoms with Crippen LogP contribution in [0.2, 0.25) is 0 Å². The van der Waals surface area contributed by atoms with Gasteiger partial charge in [-0.1, -0.05) is 6.07 Å². The molecule has 0 aromatic carbocycles. The van der Waals surface area contributed by atoms with E-state index in [1.54, 1.807) is 0 Å². The van der Waals surface area contributed by atoms with Gasteiger partial charge in [-0.25, -0.2) is 0 Å². The van der Waals surface area contributed by atoms with Crippen LogP contribution in [0, 0.1) is 0 Å². The number of nitrogens with zero attached hydrogens (tertiary/aromatic N) is 1. The number of rotatable bonds is 1. The lowest BCUT2D eigenvalue weighted by Gasteiger charge is -2.36. The number of morpholine rings is 1. The Morgan fingerprint density at radius 1 is 1.60 bits per heavy atom. The fourth-order valence-corrected chi connectivity index (χ4v) is 2.41. The van der Waals surface area contributed by atoms with Crippen LogP contribution in [0.3, 0.4) is 0 Å². The molecular formula is C11H15NO2S. The molecule has 1 aromatic rings. The summed E-state index contributed by atoms with van der Waals surface area (Å²) < 4.78 is 5.50. The zero-order valence-corrected chi connectivity index (χ0v) is 9.79.